The maximum atomic E-state index is 12.4. The Hall–Kier alpha value is -2.61. The predicted octanol–water partition coefficient (Wildman–Crippen LogP) is 1.01. The molecule has 0 unspecified atom stereocenters. The lowest BCUT2D eigenvalue weighted by Gasteiger charge is -2.10. The van der Waals surface area contributed by atoms with Crippen LogP contribution in [0.2, 0.25) is 0 Å². The highest BCUT2D eigenvalue weighted by molar-refractivity contribution is 7.15. The molecular weight excluding hydrogens is 290 g/mol. The SMILES string of the molecule is Cc1ccc(/C(N)=N/O)c(=O)n1Cc1cn2ccsc2n1. The second-order valence-electron chi connectivity index (χ2n) is 4.59. The maximum Gasteiger partial charge on any atom is 0.262 e. The molecule has 108 valence electrons. The van der Waals surface area contributed by atoms with Crippen molar-refractivity contribution >= 4 is 22.1 Å². The van der Waals surface area contributed by atoms with Gasteiger partial charge < -0.3 is 15.5 Å². The number of fused-ring (bicyclic) bond motifs is 1. The third-order valence-electron chi connectivity index (χ3n) is 3.24. The van der Waals surface area contributed by atoms with Crippen molar-refractivity contribution < 1.29 is 5.21 Å². The highest BCUT2D eigenvalue weighted by Gasteiger charge is 2.12. The third-order valence-corrected chi connectivity index (χ3v) is 4.01. The van der Waals surface area contributed by atoms with E-state index < -0.39 is 0 Å². The van der Waals surface area contributed by atoms with Crippen LogP contribution in [0.25, 0.3) is 4.96 Å². The molecule has 7 nitrogen and oxygen atoms in total. The van der Waals surface area contributed by atoms with Gasteiger partial charge in [0.25, 0.3) is 5.56 Å². The molecule has 0 saturated heterocycles. The Bertz CT molecular complexity index is 861. The monoisotopic (exact) mass is 303 g/mol. The lowest BCUT2D eigenvalue weighted by molar-refractivity contribution is 0.318. The minimum atomic E-state index is -0.304. The molecular formula is C13H13N5O2S. The van der Waals surface area contributed by atoms with E-state index in [1.807, 2.05) is 29.1 Å². The molecule has 3 aromatic rings. The van der Waals surface area contributed by atoms with Crippen LogP contribution in [-0.4, -0.2) is 25.0 Å². The third kappa shape index (κ3) is 2.29. The minimum Gasteiger partial charge on any atom is -0.409 e. The van der Waals surface area contributed by atoms with Crippen LogP contribution in [0.4, 0.5) is 0 Å². The molecule has 0 aliphatic heterocycles. The van der Waals surface area contributed by atoms with Crippen molar-refractivity contribution in [1.82, 2.24) is 14.0 Å². The van der Waals surface area contributed by atoms with E-state index in [1.165, 1.54) is 11.3 Å². The van der Waals surface area contributed by atoms with Gasteiger partial charge in [-0.2, -0.15) is 0 Å². The van der Waals surface area contributed by atoms with Crippen LogP contribution in [0.3, 0.4) is 0 Å². The van der Waals surface area contributed by atoms with E-state index in [0.717, 1.165) is 16.3 Å². The number of pyridine rings is 1. The largest absolute Gasteiger partial charge is 0.409 e. The molecule has 3 heterocycles. The van der Waals surface area contributed by atoms with E-state index in [4.69, 9.17) is 10.9 Å². The van der Waals surface area contributed by atoms with Crippen LogP contribution in [-0.2, 0) is 6.54 Å². The number of nitrogens with zero attached hydrogens (tertiary/aromatic N) is 4. The Balaban J connectivity index is 2.05. The van der Waals surface area contributed by atoms with E-state index in [-0.39, 0.29) is 17.0 Å². The smallest absolute Gasteiger partial charge is 0.262 e. The molecule has 0 aliphatic rings. The van der Waals surface area contributed by atoms with Gasteiger partial charge >= 0.3 is 0 Å². The first-order valence-electron chi connectivity index (χ1n) is 6.19. The molecule has 3 rings (SSSR count). The molecule has 0 radical (unpaired) electrons. The van der Waals surface area contributed by atoms with Crippen molar-refractivity contribution in [2.45, 2.75) is 13.5 Å². The molecule has 0 fully saturated rings. The quantitative estimate of drug-likeness (QED) is 0.326. The molecule has 3 N–H and O–H groups in total. The number of hydrogen-bond acceptors (Lipinski definition) is 5. The van der Waals surface area contributed by atoms with Crippen molar-refractivity contribution in [1.29, 1.82) is 0 Å². The lowest BCUT2D eigenvalue weighted by atomic mass is 10.2. The summed E-state index contributed by atoms with van der Waals surface area (Å²) >= 11 is 1.53. The Morgan fingerprint density at radius 2 is 2.33 bits per heavy atom. The molecule has 0 bridgehead atoms. The van der Waals surface area contributed by atoms with Gasteiger partial charge in [-0.3, -0.25) is 9.20 Å². The van der Waals surface area contributed by atoms with Gasteiger partial charge in [0, 0.05) is 23.5 Å². The molecule has 0 saturated carbocycles. The van der Waals surface area contributed by atoms with Crippen molar-refractivity contribution in [3.8, 4) is 0 Å². The zero-order chi connectivity index (χ0) is 15.0. The molecule has 21 heavy (non-hydrogen) atoms. The number of thiazole rings is 1. The molecule has 8 heteroatoms. The maximum absolute atomic E-state index is 12.4. The molecule has 3 aromatic heterocycles. The first kappa shape index (κ1) is 13.4. The van der Waals surface area contributed by atoms with Gasteiger partial charge in [0.05, 0.1) is 17.8 Å². The first-order valence-corrected chi connectivity index (χ1v) is 7.07. The topological polar surface area (TPSA) is 97.9 Å². The summed E-state index contributed by atoms with van der Waals surface area (Å²) in [5.41, 5.74) is 6.95. The molecule has 0 amide bonds. The number of nitrogens with two attached hydrogens (primary N) is 1. The first-order chi connectivity index (χ1) is 10.1. The summed E-state index contributed by atoms with van der Waals surface area (Å²) < 4.78 is 3.47. The zero-order valence-corrected chi connectivity index (χ0v) is 12.0. The number of imidazole rings is 1. The number of rotatable bonds is 3. The van der Waals surface area contributed by atoms with Gasteiger partial charge in [0.2, 0.25) is 0 Å². The van der Waals surface area contributed by atoms with Crippen LogP contribution in [0, 0.1) is 6.92 Å². The number of oxime groups is 1. The number of amidine groups is 1. The number of aryl methyl sites for hydroxylation is 1. The fourth-order valence-corrected chi connectivity index (χ4v) is 2.85. The Labute approximate surface area is 123 Å². The van der Waals surface area contributed by atoms with Gasteiger partial charge in [-0.1, -0.05) is 5.16 Å². The summed E-state index contributed by atoms with van der Waals surface area (Å²) in [7, 11) is 0. The van der Waals surface area contributed by atoms with Gasteiger partial charge in [0.1, 0.15) is 0 Å². The van der Waals surface area contributed by atoms with E-state index in [0.29, 0.717) is 6.54 Å². The van der Waals surface area contributed by atoms with E-state index in [1.54, 1.807) is 16.7 Å². The van der Waals surface area contributed by atoms with Crippen LogP contribution in [0.5, 0.6) is 0 Å². The summed E-state index contributed by atoms with van der Waals surface area (Å²) in [5.74, 6) is -0.195. The van der Waals surface area contributed by atoms with Gasteiger partial charge in [-0.05, 0) is 19.1 Å². The Morgan fingerprint density at radius 3 is 3.05 bits per heavy atom. The van der Waals surface area contributed by atoms with E-state index in [9.17, 15) is 4.79 Å². The summed E-state index contributed by atoms with van der Waals surface area (Å²) in [6, 6.07) is 3.31. The number of aromatic nitrogens is 3. The van der Waals surface area contributed by atoms with Gasteiger partial charge in [-0.25, -0.2) is 4.98 Å². The highest BCUT2D eigenvalue weighted by atomic mass is 32.1. The highest BCUT2D eigenvalue weighted by Crippen LogP contribution is 2.12. The summed E-state index contributed by atoms with van der Waals surface area (Å²) in [6.07, 6.45) is 3.80. The summed E-state index contributed by atoms with van der Waals surface area (Å²) in [6.45, 7) is 2.17. The Morgan fingerprint density at radius 1 is 1.52 bits per heavy atom. The van der Waals surface area contributed by atoms with Crippen molar-refractivity contribution in [2.24, 2.45) is 10.9 Å². The predicted molar refractivity (Wildman–Crippen MR) is 80.1 cm³/mol. The average Bonchev–Trinajstić information content (AvgIpc) is 3.03. The second-order valence-corrected chi connectivity index (χ2v) is 5.46. The van der Waals surface area contributed by atoms with E-state index in [2.05, 4.69) is 10.1 Å². The lowest BCUT2D eigenvalue weighted by Crippen LogP contribution is -2.31. The van der Waals surface area contributed by atoms with Gasteiger partial charge in [-0.15, -0.1) is 11.3 Å². The van der Waals surface area contributed by atoms with Crippen LogP contribution in [0.15, 0.2) is 39.9 Å². The van der Waals surface area contributed by atoms with Crippen LogP contribution in [0.1, 0.15) is 17.0 Å². The van der Waals surface area contributed by atoms with E-state index >= 15 is 0 Å². The van der Waals surface area contributed by atoms with Crippen molar-refractivity contribution in [3.05, 3.63) is 57.2 Å². The minimum absolute atomic E-state index is 0.170. The van der Waals surface area contributed by atoms with Crippen molar-refractivity contribution in [3.63, 3.8) is 0 Å². The van der Waals surface area contributed by atoms with Crippen LogP contribution >= 0.6 is 11.3 Å². The molecule has 0 aromatic carbocycles. The molecule has 0 atom stereocenters. The fourth-order valence-electron chi connectivity index (χ4n) is 2.13. The standard InChI is InChI=1S/C13H13N5O2S/c1-8-2-3-10(11(14)16-20)12(19)18(8)7-9-6-17-4-5-21-13(17)15-9/h2-6,20H,7H2,1H3,(H2,14,16). The Kier molecular flexibility index (Phi) is 3.22. The zero-order valence-electron chi connectivity index (χ0n) is 11.2. The van der Waals surface area contributed by atoms with Crippen LogP contribution < -0.4 is 11.3 Å². The summed E-state index contributed by atoms with van der Waals surface area (Å²) in [4.78, 5) is 17.7. The number of hydrogen-bond donors (Lipinski definition) is 2. The fraction of sp³-hybridized carbons (Fsp3) is 0.154. The molecule has 0 spiro atoms. The molecule has 0 aliphatic carbocycles. The summed E-state index contributed by atoms with van der Waals surface area (Å²) in [5, 5.41) is 13.6. The normalized spacial score (nSPS) is 12.1. The van der Waals surface area contributed by atoms with Crippen molar-refractivity contribution in [2.75, 3.05) is 0 Å². The van der Waals surface area contributed by atoms with Gasteiger partial charge in [0.15, 0.2) is 10.8 Å². The second kappa shape index (κ2) is 5.06. The average molecular weight is 303 g/mol.